The highest BCUT2D eigenvalue weighted by Gasteiger charge is 2.12. The Morgan fingerprint density at radius 3 is 2.79 bits per heavy atom. The van der Waals surface area contributed by atoms with E-state index in [2.05, 4.69) is 45.8 Å². The zero-order valence-corrected chi connectivity index (χ0v) is 12.8. The van der Waals surface area contributed by atoms with E-state index in [0.717, 1.165) is 36.2 Å². The summed E-state index contributed by atoms with van der Waals surface area (Å²) in [5.74, 6) is 1.95. The van der Waals surface area contributed by atoms with Crippen molar-refractivity contribution in [3.63, 3.8) is 0 Å². The molecule has 1 N–H and O–H groups in total. The highest BCUT2D eigenvalue weighted by Crippen LogP contribution is 2.20. The van der Waals surface area contributed by atoms with Gasteiger partial charge in [0.25, 0.3) is 0 Å². The average Bonchev–Trinajstić information content (AvgIpc) is 3.02. The Hall–Kier alpha value is -1.27. The van der Waals surface area contributed by atoms with Gasteiger partial charge in [0.05, 0.1) is 12.6 Å². The van der Waals surface area contributed by atoms with E-state index in [1.54, 1.807) is 11.3 Å². The van der Waals surface area contributed by atoms with E-state index in [1.807, 2.05) is 13.1 Å². The van der Waals surface area contributed by atoms with Gasteiger partial charge in [-0.2, -0.15) is 0 Å². The Labute approximate surface area is 118 Å². The summed E-state index contributed by atoms with van der Waals surface area (Å²) in [6.45, 7) is 10.0. The van der Waals surface area contributed by atoms with Crippen molar-refractivity contribution in [1.29, 1.82) is 0 Å². The van der Waals surface area contributed by atoms with Crippen LogP contribution in [0.2, 0.25) is 0 Å². The van der Waals surface area contributed by atoms with Crippen molar-refractivity contribution in [2.24, 2.45) is 0 Å². The van der Waals surface area contributed by atoms with Crippen LogP contribution in [0.1, 0.15) is 48.3 Å². The van der Waals surface area contributed by atoms with Crippen LogP contribution in [-0.4, -0.2) is 19.7 Å². The molecule has 104 valence electrons. The Morgan fingerprint density at radius 1 is 1.37 bits per heavy atom. The van der Waals surface area contributed by atoms with Crippen molar-refractivity contribution in [2.75, 3.05) is 0 Å². The SMILES string of the molecule is CCc1cnc([C@H](C)NCc2nnc(C)n2CC)s1. The lowest BCUT2D eigenvalue weighted by Crippen LogP contribution is -2.20. The third-order valence-corrected chi connectivity index (χ3v) is 4.51. The van der Waals surface area contributed by atoms with Gasteiger partial charge in [0.15, 0.2) is 0 Å². The maximum absolute atomic E-state index is 4.46. The third kappa shape index (κ3) is 3.19. The van der Waals surface area contributed by atoms with Gasteiger partial charge in [0.2, 0.25) is 0 Å². The minimum absolute atomic E-state index is 0.243. The molecular weight excluding hydrogens is 258 g/mol. The Balaban J connectivity index is 1.98. The largest absolute Gasteiger partial charge is 0.314 e. The van der Waals surface area contributed by atoms with Gasteiger partial charge in [0, 0.05) is 17.6 Å². The lowest BCUT2D eigenvalue weighted by atomic mass is 10.3. The summed E-state index contributed by atoms with van der Waals surface area (Å²) in [6, 6.07) is 0.243. The van der Waals surface area contributed by atoms with Gasteiger partial charge in [-0.25, -0.2) is 4.98 Å². The molecule has 0 amide bonds. The van der Waals surface area contributed by atoms with E-state index in [9.17, 15) is 0 Å². The monoisotopic (exact) mass is 279 g/mol. The van der Waals surface area contributed by atoms with E-state index >= 15 is 0 Å². The molecule has 1 atom stereocenters. The number of nitrogens with one attached hydrogen (secondary N) is 1. The summed E-state index contributed by atoms with van der Waals surface area (Å²) in [5.41, 5.74) is 0. The molecule has 0 aliphatic heterocycles. The molecule has 0 aromatic carbocycles. The zero-order chi connectivity index (χ0) is 13.8. The first-order valence-corrected chi connectivity index (χ1v) is 7.54. The summed E-state index contributed by atoms with van der Waals surface area (Å²) in [4.78, 5) is 5.79. The molecule has 0 bridgehead atoms. The van der Waals surface area contributed by atoms with Gasteiger partial charge in [-0.05, 0) is 27.2 Å². The maximum atomic E-state index is 4.46. The highest BCUT2D eigenvalue weighted by molar-refractivity contribution is 7.11. The average molecular weight is 279 g/mol. The minimum atomic E-state index is 0.243. The number of aryl methyl sites for hydroxylation is 2. The topological polar surface area (TPSA) is 55.6 Å². The second kappa shape index (κ2) is 6.25. The molecule has 0 fully saturated rings. The second-order valence-electron chi connectivity index (χ2n) is 4.53. The van der Waals surface area contributed by atoms with Gasteiger partial charge in [-0.1, -0.05) is 6.92 Å². The number of aromatic nitrogens is 4. The van der Waals surface area contributed by atoms with Crippen LogP contribution >= 0.6 is 11.3 Å². The summed E-state index contributed by atoms with van der Waals surface area (Å²) < 4.78 is 2.12. The van der Waals surface area contributed by atoms with Crippen molar-refractivity contribution in [3.8, 4) is 0 Å². The van der Waals surface area contributed by atoms with Gasteiger partial charge in [0.1, 0.15) is 16.7 Å². The van der Waals surface area contributed by atoms with Crippen LogP contribution in [-0.2, 0) is 19.5 Å². The quantitative estimate of drug-likeness (QED) is 0.882. The molecule has 2 aromatic rings. The third-order valence-electron chi connectivity index (χ3n) is 3.19. The standard InChI is InChI=1S/C13H21N5S/c1-5-11-7-15-13(19-11)9(3)14-8-12-17-16-10(4)18(12)6-2/h7,9,14H,5-6,8H2,1-4H3/t9-/m0/s1. The maximum Gasteiger partial charge on any atom is 0.147 e. The van der Waals surface area contributed by atoms with Crippen LogP contribution in [0.5, 0.6) is 0 Å². The molecule has 2 rings (SSSR count). The van der Waals surface area contributed by atoms with E-state index < -0.39 is 0 Å². The van der Waals surface area contributed by atoms with Crippen molar-refractivity contribution in [2.45, 2.75) is 53.2 Å². The Bertz CT molecular complexity index is 531. The number of nitrogens with zero attached hydrogens (tertiary/aromatic N) is 4. The lowest BCUT2D eigenvalue weighted by molar-refractivity contribution is 0.535. The van der Waals surface area contributed by atoms with Crippen LogP contribution < -0.4 is 5.32 Å². The number of hydrogen-bond acceptors (Lipinski definition) is 5. The zero-order valence-electron chi connectivity index (χ0n) is 12.0. The molecule has 2 aromatic heterocycles. The van der Waals surface area contributed by atoms with E-state index in [0.29, 0.717) is 0 Å². The second-order valence-corrected chi connectivity index (χ2v) is 5.68. The van der Waals surface area contributed by atoms with E-state index in [-0.39, 0.29) is 6.04 Å². The van der Waals surface area contributed by atoms with E-state index in [1.165, 1.54) is 4.88 Å². The molecule has 2 heterocycles. The number of thiazole rings is 1. The fraction of sp³-hybridized carbons (Fsp3) is 0.615. The fourth-order valence-corrected chi connectivity index (χ4v) is 2.87. The van der Waals surface area contributed by atoms with Crippen molar-refractivity contribution < 1.29 is 0 Å². The van der Waals surface area contributed by atoms with Crippen LogP contribution in [0.4, 0.5) is 0 Å². The number of rotatable bonds is 6. The Morgan fingerprint density at radius 2 is 2.16 bits per heavy atom. The fourth-order valence-electron chi connectivity index (χ4n) is 1.98. The van der Waals surface area contributed by atoms with Gasteiger partial charge >= 0.3 is 0 Å². The minimum Gasteiger partial charge on any atom is -0.314 e. The molecule has 0 unspecified atom stereocenters. The van der Waals surface area contributed by atoms with Gasteiger partial charge in [-0.3, -0.25) is 0 Å². The van der Waals surface area contributed by atoms with E-state index in [4.69, 9.17) is 0 Å². The van der Waals surface area contributed by atoms with Crippen molar-refractivity contribution in [1.82, 2.24) is 25.1 Å². The molecule has 5 nitrogen and oxygen atoms in total. The first-order chi connectivity index (χ1) is 9.15. The molecule has 19 heavy (non-hydrogen) atoms. The van der Waals surface area contributed by atoms with Crippen LogP contribution in [0.25, 0.3) is 0 Å². The van der Waals surface area contributed by atoms with Crippen molar-refractivity contribution >= 4 is 11.3 Å². The normalized spacial score (nSPS) is 12.8. The lowest BCUT2D eigenvalue weighted by Gasteiger charge is -2.11. The molecular formula is C13H21N5S. The summed E-state index contributed by atoms with van der Waals surface area (Å²) >= 11 is 1.77. The molecule has 0 saturated carbocycles. The Kier molecular flexibility index (Phi) is 4.66. The number of hydrogen-bond donors (Lipinski definition) is 1. The summed E-state index contributed by atoms with van der Waals surface area (Å²) in [5, 5.41) is 12.9. The molecule has 0 aliphatic rings. The molecule has 0 radical (unpaired) electrons. The van der Waals surface area contributed by atoms with Crippen molar-refractivity contribution in [3.05, 3.63) is 27.7 Å². The van der Waals surface area contributed by atoms with Gasteiger partial charge < -0.3 is 9.88 Å². The smallest absolute Gasteiger partial charge is 0.147 e. The van der Waals surface area contributed by atoms with Crippen LogP contribution in [0.3, 0.4) is 0 Å². The molecule has 6 heteroatoms. The highest BCUT2D eigenvalue weighted by atomic mass is 32.1. The van der Waals surface area contributed by atoms with Gasteiger partial charge in [-0.15, -0.1) is 21.5 Å². The summed E-state index contributed by atoms with van der Waals surface area (Å²) in [6.07, 6.45) is 3.02. The predicted octanol–water partition coefficient (Wildman–Crippen LogP) is 2.48. The predicted molar refractivity (Wildman–Crippen MR) is 77.2 cm³/mol. The van der Waals surface area contributed by atoms with Crippen LogP contribution in [0, 0.1) is 6.92 Å². The summed E-state index contributed by atoms with van der Waals surface area (Å²) in [7, 11) is 0. The molecule has 0 saturated heterocycles. The molecule has 0 spiro atoms. The first kappa shape index (κ1) is 14.1. The molecule has 0 aliphatic carbocycles. The first-order valence-electron chi connectivity index (χ1n) is 6.72. The van der Waals surface area contributed by atoms with Crippen LogP contribution in [0.15, 0.2) is 6.20 Å².